The highest BCUT2D eigenvalue weighted by Crippen LogP contribution is 2.36. The molecule has 5 heteroatoms. The minimum atomic E-state index is -1.13. The molecular formula is C17H17ClO3S. The molecule has 0 aromatic heterocycles. The third-order valence-electron chi connectivity index (χ3n) is 3.78. The lowest BCUT2D eigenvalue weighted by Gasteiger charge is -2.19. The van der Waals surface area contributed by atoms with Crippen LogP contribution in [0, 0.1) is 0 Å². The number of hydrogen-bond acceptors (Lipinski definition) is 3. The molecule has 0 radical (unpaired) electrons. The summed E-state index contributed by atoms with van der Waals surface area (Å²) in [5, 5.41) is 0.584. The third-order valence-corrected chi connectivity index (χ3v) is 5.80. The smallest absolute Gasteiger partial charge is 0.119 e. The molecule has 0 bridgehead atoms. The highest BCUT2D eigenvalue weighted by molar-refractivity contribution is 7.85. The average Bonchev–Trinajstić information content (AvgIpc) is 3.04. The fourth-order valence-electron chi connectivity index (χ4n) is 2.66. The number of hydrogen-bond donors (Lipinski definition) is 0. The van der Waals surface area contributed by atoms with Gasteiger partial charge in [0.25, 0.3) is 0 Å². The van der Waals surface area contributed by atoms with E-state index in [2.05, 4.69) is 0 Å². The maximum atomic E-state index is 12.9. The summed E-state index contributed by atoms with van der Waals surface area (Å²) in [4.78, 5) is 0.785. The van der Waals surface area contributed by atoms with E-state index in [1.165, 1.54) is 0 Å². The summed E-state index contributed by atoms with van der Waals surface area (Å²) in [6.45, 7) is 0.617. The molecule has 0 spiro atoms. The van der Waals surface area contributed by atoms with E-state index in [0.29, 0.717) is 11.6 Å². The molecule has 3 rings (SSSR count). The van der Waals surface area contributed by atoms with E-state index in [4.69, 9.17) is 21.1 Å². The van der Waals surface area contributed by atoms with Gasteiger partial charge in [0.2, 0.25) is 0 Å². The van der Waals surface area contributed by atoms with Crippen LogP contribution in [-0.2, 0) is 15.5 Å². The zero-order valence-electron chi connectivity index (χ0n) is 12.2. The van der Waals surface area contributed by atoms with E-state index >= 15 is 0 Å². The highest BCUT2D eigenvalue weighted by atomic mass is 35.5. The minimum Gasteiger partial charge on any atom is -0.497 e. The third kappa shape index (κ3) is 3.19. The van der Waals surface area contributed by atoms with Crippen molar-refractivity contribution in [1.29, 1.82) is 0 Å². The molecule has 2 aromatic carbocycles. The van der Waals surface area contributed by atoms with Crippen LogP contribution < -0.4 is 4.74 Å². The molecule has 22 heavy (non-hydrogen) atoms. The lowest BCUT2D eigenvalue weighted by molar-refractivity contribution is 0.113. The van der Waals surface area contributed by atoms with Gasteiger partial charge in [0.1, 0.15) is 5.75 Å². The molecule has 2 aromatic rings. The Bertz CT molecular complexity index is 672. The first-order valence-corrected chi connectivity index (χ1v) is 8.70. The summed E-state index contributed by atoms with van der Waals surface area (Å²) < 4.78 is 24.0. The van der Waals surface area contributed by atoms with Crippen molar-refractivity contribution in [2.45, 2.75) is 22.7 Å². The Labute approximate surface area is 137 Å². The fourth-order valence-corrected chi connectivity index (χ4v) is 4.31. The van der Waals surface area contributed by atoms with Crippen molar-refractivity contribution in [1.82, 2.24) is 0 Å². The van der Waals surface area contributed by atoms with Gasteiger partial charge in [0, 0.05) is 16.5 Å². The van der Waals surface area contributed by atoms with Gasteiger partial charge in [-0.25, -0.2) is 0 Å². The van der Waals surface area contributed by atoms with Gasteiger partial charge in [-0.3, -0.25) is 4.21 Å². The van der Waals surface area contributed by atoms with E-state index in [1.54, 1.807) is 19.2 Å². The molecule has 3 atom stereocenters. The van der Waals surface area contributed by atoms with Crippen LogP contribution in [0.4, 0.5) is 0 Å². The quantitative estimate of drug-likeness (QED) is 0.847. The molecule has 1 heterocycles. The van der Waals surface area contributed by atoms with Crippen LogP contribution in [0.1, 0.15) is 18.1 Å². The zero-order chi connectivity index (χ0) is 15.5. The number of methoxy groups -OCH3 is 1. The lowest BCUT2D eigenvalue weighted by Crippen LogP contribution is -2.19. The maximum Gasteiger partial charge on any atom is 0.119 e. The van der Waals surface area contributed by atoms with Crippen molar-refractivity contribution in [2.24, 2.45) is 0 Å². The first-order chi connectivity index (χ1) is 10.7. The summed E-state index contributed by atoms with van der Waals surface area (Å²) in [5.41, 5.74) is 1.00. The molecular weight excluding hydrogens is 320 g/mol. The van der Waals surface area contributed by atoms with Crippen LogP contribution in [0.2, 0.25) is 5.02 Å². The first kappa shape index (κ1) is 15.5. The van der Waals surface area contributed by atoms with Gasteiger partial charge in [-0.2, -0.15) is 0 Å². The van der Waals surface area contributed by atoms with E-state index in [1.807, 2.05) is 36.4 Å². The summed E-state index contributed by atoms with van der Waals surface area (Å²) >= 11 is 5.90. The van der Waals surface area contributed by atoms with Crippen LogP contribution in [0.25, 0.3) is 0 Å². The van der Waals surface area contributed by atoms with Gasteiger partial charge in [-0.15, -0.1) is 0 Å². The SMILES string of the molecule is COc1cccc([C@@H]2OCC[C@H]2[S@](=O)c2ccc(Cl)cc2)c1. The molecule has 0 saturated carbocycles. The van der Waals surface area contributed by atoms with Crippen LogP contribution >= 0.6 is 11.6 Å². The summed E-state index contributed by atoms with van der Waals surface area (Å²) in [6.07, 6.45) is 0.600. The van der Waals surface area contributed by atoms with Gasteiger partial charge in [0.05, 0.1) is 29.3 Å². The Morgan fingerprint density at radius 2 is 2.00 bits per heavy atom. The van der Waals surface area contributed by atoms with Crippen LogP contribution in [-0.4, -0.2) is 23.2 Å². The largest absolute Gasteiger partial charge is 0.497 e. The monoisotopic (exact) mass is 336 g/mol. The van der Waals surface area contributed by atoms with Gasteiger partial charge in [-0.05, 0) is 48.4 Å². The van der Waals surface area contributed by atoms with Gasteiger partial charge in [-0.1, -0.05) is 23.7 Å². The molecule has 1 aliphatic rings. The van der Waals surface area contributed by atoms with Crippen LogP contribution in [0.5, 0.6) is 5.75 Å². The topological polar surface area (TPSA) is 35.5 Å². The minimum absolute atomic E-state index is 0.0618. The van der Waals surface area contributed by atoms with E-state index in [9.17, 15) is 4.21 Å². The molecule has 3 nitrogen and oxygen atoms in total. The Balaban J connectivity index is 1.86. The summed E-state index contributed by atoms with van der Waals surface area (Å²) in [6, 6.07) is 14.9. The van der Waals surface area contributed by atoms with Crippen molar-refractivity contribution in [3.05, 3.63) is 59.1 Å². The normalized spacial score (nSPS) is 22.5. The Morgan fingerprint density at radius 3 is 2.73 bits per heavy atom. The Hall–Kier alpha value is -1.36. The molecule has 116 valence electrons. The molecule has 0 amide bonds. The summed E-state index contributed by atoms with van der Waals surface area (Å²) in [7, 11) is 0.506. The number of benzene rings is 2. The van der Waals surface area contributed by atoms with E-state index in [0.717, 1.165) is 22.6 Å². The predicted molar refractivity (Wildman–Crippen MR) is 88.0 cm³/mol. The molecule has 1 aliphatic heterocycles. The first-order valence-electron chi connectivity index (χ1n) is 7.11. The molecule has 1 saturated heterocycles. The Kier molecular flexibility index (Phi) is 4.81. The molecule has 1 fully saturated rings. The van der Waals surface area contributed by atoms with Gasteiger partial charge in [0.15, 0.2) is 0 Å². The molecule has 0 unspecified atom stereocenters. The average molecular weight is 337 g/mol. The van der Waals surface area contributed by atoms with Crippen molar-refractivity contribution in [2.75, 3.05) is 13.7 Å². The van der Waals surface area contributed by atoms with Crippen molar-refractivity contribution in [3.63, 3.8) is 0 Å². The number of rotatable bonds is 4. The second kappa shape index (κ2) is 6.82. The Morgan fingerprint density at radius 1 is 1.23 bits per heavy atom. The second-order valence-corrected chi connectivity index (χ2v) is 7.25. The predicted octanol–water partition coefficient (Wildman–Crippen LogP) is 3.99. The molecule has 0 aliphatic carbocycles. The number of ether oxygens (including phenoxy) is 2. The highest BCUT2D eigenvalue weighted by Gasteiger charge is 2.35. The van der Waals surface area contributed by atoms with Crippen molar-refractivity contribution >= 4 is 22.4 Å². The number of halogens is 1. The van der Waals surface area contributed by atoms with Crippen LogP contribution in [0.15, 0.2) is 53.4 Å². The zero-order valence-corrected chi connectivity index (χ0v) is 13.8. The van der Waals surface area contributed by atoms with Gasteiger partial charge < -0.3 is 9.47 Å². The molecule has 0 N–H and O–H groups in total. The second-order valence-electron chi connectivity index (χ2n) is 5.15. The lowest BCUT2D eigenvalue weighted by atomic mass is 10.1. The van der Waals surface area contributed by atoms with Gasteiger partial charge >= 0.3 is 0 Å². The van der Waals surface area contributed by atoms with Crippen molar-refractivity contribution in [3.8, 4) is 5.75 Å². The van der Waals surface area contributed by atoms with E-state index in [-0.39, 0.29) is 11.4 Å². The summed E-state index contributed by atoms with van der Waals surface area (Å²) in [5.74, 6) is 0.782. The van der Waals surface area contributed by atoms with Crippen molar-refractivity contribution < 1.29 is 13.7 Å². The van der Waals surface area contributed by atoms with Crippen LogP contribution in [0.3, 0.4) is 0 Å². The fraction of sp³-hybridized carbons (Fsp3) is 0.294. The van der Waals surface area contributed by atoms with E-state index < -0.39 is 10.8 Å². The standard InChI is InChI=1S/C17H17ClO3S/c1-20-14-4-2-3-12(11-14)17-16(9-10-21-17)22(19)15-7-5-13(18)6-8-15/h2-8,11,16-17H,9-10H2,1H3/t16-,17+,22-/m1/s1. The maximum absolute atomic E-state index is 12.9.